The van der Waals surface area contributed by atoms with Crippen molar-refractivity contribution in [2.45, 2.75) is 26.3 Å². The Morgan fingerprint density at radius 2 is 1.91 bits per heavy atom. The monoisotopic (exact) mass is 312 g/mol. The molecule has 1 aliphatic rings. The van der Waals surface area contributed by atoms with Gasteiger partial charge in [-0.25, -0.2) is 4.98 Å². The molecule has 1 aromatic heterocycles. The zero-order valence-corrected chi connectivity index (χ0v) is 13.8. The lowest BCUT2D eigenvalue weighted by atomic mass is 10.1. The van der Waals surface area contributed by atoms with Gasteiger partial charge in [-0.2, -0.15) is 4.98 Å². The summed E-state index contributed by atoms with van der Waals surface area (Å²) in [7, 11) is 0. The summed E-state index contributed by atoms with van der Waals surface area (Å²) in [6.45, 7) is 7.54. The number of hydrogen-bond acceptors (Lipinski definition) is 5. The maximum atomic E-state index is 5.45. The van der Waals surface area contributed by atoms with E-state index in [9.17, 15) is 0 Å². The van der Waals surface area contributed by atoms with E-state index in [2.05, 4.69) is 42.3 Å². The Morgan fingerprint density at radius 1 is 1.17 bits per heavy atom. The van der Waals surface area contributed by atoms with E-state index in [1.165, 1.54) is 0 Å². The molecular weight excluding hydrogens is 288 g/mol. The van der Waals surface area contributed by atoms with Crippen molar-refractivity contribution in [3.05, 3.63) is 36.4 Å². The van der Waals surface area contributed by atoms with Crippen molar-refractivity contribution in [3.8, 4) is 11.3 Å². The molecule has 1 atom stereocenters. The van der Waals surface area contributed by atoms with E-state index in [4.69, 9.17) is 14.7 Å². The van der Waals surface area contributed by atoms with Gasteiger partial charge in [0.15, 0.2) is 0 Å². The third-order valence-corrected chi connectivity index (χ3v) is 4.11. The highest BCUT2D eigenvalue weighted by Gasteiger charge is 2.16. The number of morpholine rings is 1. The van der Waals surface area contributed by atoms with Gasteiger partial charge in [0.2, 0.25) is 5.95 Å². The summed E-state index contributed by atoms with van der Waals surface area (Å²) in [5.41, 5.74) is 2.06. The van der Waals surface area contributed by atoms with Gasteiger partial charge in [0.05, 0.1) is 18.9 Å². The molecule has 1 saturated heterocycles. The van der Waals surface area contributed by atoms with E-state index < -0.39 is 0 Å². The Balaban J connectivity index is 1.96. The molecule has 23 heavy (non-hydrogen) atoms. The molecule has 0 bridgehead atoms. The van der Waals surface area contributed by atoms with Crippen molar-refractivity contribution in [1.29, 1.82) is 0 Å². The van der Waals surface area contributed by atoms with Crippen LogP contribution in [0.25, 0.3) is 11.3 Å². The molecule has 5 heteroatoms. The van der Waals surface area contributed by atoms with Gasteiger partial charge in [-0.15, -0.1) is 0 Å². The van der Waals surface area contributed by atoms with Crippen molar-refractivity contribution in [2.75, 3.05) is 36.5 Å². The Bertz CT molecular complexity index is 626. The quantitative estimate of drug-likeness (QED) is 0.919. The van der Waals surface area contributed by atoms with Crippen LogP contribution in [0.15, 0.2) is 36.4 Å². The van der Waals surface area contributed by atoms with E-state index in [0.717, 1.165) is 49.8 Å². The summed E-state index contributed by atoms with van der Waals surface area (Å²) < 4.78 is 5.45. The minimum atomic E-state index is 0.346. The number of ether oxygens (including phenoxy) is 1. The van der Waals surface area contributed by atoms with Crippen LogP contribution in [-0.2, 0) is 4.74 Å². The fraction of sp³-hybridized carbons (Fsp3) is 0.444. The highest BCUT2D eigenvalue weighted by atomic mass is 16.5. The number of nitrogens with one attached hydrogen (secondary N) is 1. The van der Waals surface area contributed by atoms with Crippen LogP contribution in [0.1, 0.15) is 20.3 Å². The minimum Gasteiger partial charge on any atom is -0.378 e. The summed E-state index contributed by atoms with van der Waals surface area (Å²) in [6.07, 6.45) is 1.03. The molecule has 0 spiro atoms. The maximum Gasteiger partial charge on any atom is 0.225 e. The van der Waals surface area contributed by atoms with Gasteiger partial charge >= 0.3 is 0 Å². The van der Waals surface area contributed by atoms with Gasteiger partial charge in [-0.3, -0.25) is 0 Å². The Labute approximate surface area is 137 Å². The molecule has 1 aromatic carbocycles. The van der Waals surface area contributed by atoms with Gasteiger partial charge in [-0.1, -0.05) is 37.3 Å². The Morgan fingerprint density at radius 3 is 2.61 bits per heavy atom. The zero-order valence-electron chi connectivity index (χ0n) is 13.8. The highest BCUT2D eigenvalue weighted by Crippen LogP contribution is 2.24. The first-order valence-corrected chi connectivity index (χ1v) is 8.30. The summed E-state index contributed by atoms with van der Waals surface area (Å²) >= 11 is 0. The van der Waals surface area contributed by atoms with Gasteiger partial charge in [-0.05, 0) is 13.3 Å². The number of hydrogen-bond donors (Lipinski definition) is 1. The van der Waals surface area contributed by atoms with Gasteiger partial charge in [0, 0.05) is 30.8 Å². The summed E-state index contributed by atoms with van der Waals surface area (Å²) in [6, 6.07) is 12.7. The summed E-state index contributed by atoms with van der Waals surface area (Å²) in [5.74, 6) is 1.66. The van der Waals surface area contributed by atoms with Crippen LogP contribution in [0.2, 0.25) is 0 Å². The van der Waals surface area contributed by atoms with Gasteiger partial charge in [0.25, 0.3) is 0 Å². The van der Waals surface area contributed by atoms with E-state index in [1.807, 2.05) is 18.2 Å². The average molecular weight is 312 g/mol. The molecule has 2 heterocycles. The lowest BCUT2D eigenvalue weighted by molar-refractivity contribution is 0.122. The smallest absolute Gasteiger partial charge is 0.225 e. The molecule has 0 aliphatic carbocycles. The van der Waals surface area contributed by atoms with Crippen LogP contribution in [0.3, 0.4) is 0 Å². The number of aromatic nitrogens is 2. The second-order valence-electron chi connectivity index (χ2n) is 5.85. The first-order chi connectivity index (χ1) is 11.3. The van der Waals surface area contributed by atoms with Crippen LogP contribution in [0.4, 0.5) is 11.8 Å². The molecule has 1 aliphatic heterocycles. The van der Waals surface area contributed by atoms with Crippen molar-refractivity contribution in [1.82, 2.24) is 9.97 Å². The largest absolute Gasteiger partial charge is 0.378 e. The summed E-state index contributed by atoms with van der Waals surface area (Å²) in [5, 5.41) is 3.40. The third kappa shape index (κ3) is 3.99. The predicted octanol–water partition coefficient (Wildman–Crippen LogP) is 3.19. The van der Waals surface area contributed by atoms with Crippen molar-refractivity contribution in [2.24, 2.45) is 0 Å². The molecule has 5 nitrogen and oxygen atoms in total. The Hall–Kier alpha value is -2.14. The fourth-order valence-corrected chi connectivity index (χ4v) is 2.53. The van der Waals surface area contributed by atoms with E-state index in [-0.39, 0.29) is 0 Å². The molecule has 0 saturated carbocycles. The standard InChI is InChI=1S/C18H24N4O/c1-3-14(2)19-18-20-16(15-7-5-4-6-8-15)13-17(21-18)22-9-11-23-12-10-22/h4-8,13-14H,3,9-12H2,1-2H3,(H,19,20,21). The number of nitrogens with zero attached hydrogens (tertiary/aromatic N) is 3. The third-order valence-electron chi connectivity index (χ3n) is 4.11. The first-order valence-electron chi connectivity index (χ1n) is 8.30. The molecule has 122 valence electrons. The van der Waals surface area contributed by atoms with Crippen molar-refractivity contribution >= 4 is 11.8 Å². The van der Waals surface area contributed by atoms with Crippen LogP contribution in [0.5, 0.6) is 0 Å². The van der Waals surface area contributed by atoms with Crippen LogP contribution < -0.4 is 10.2 Å². The van der Waals surface area contributed by atoms with E-state index in [0.29, 0.717) is 12.0 Å². The van der Waals surface area contributed by atoms with Gasteiger partial charge < -0.3 is 15.0 Å². The summed E-state index contributed by atoms with van der Waals surface area (Å²) in [4.78, 5) is 11.7. The minimum absolute atomic E-state index is 0.346. The van der Waals surface area contributed by atoms with E-state index >= 15 is 0 Å². The molecule has 0 radical (unpaired) electrons. The molecular formula is C18H24N4O. The van der Waals surface area contributed by atoms with Gasteiger partial charge in [0.1, 0.15) is 5.82 Å². The second-order valence-corrected chi connectivity index (χ2v) is 5.85. The highest BCUT2D eigenvalue weighted by molar-refractivity contribution is 5.64. The number of rotatable bonds is 5. The average Bonchev–Trinajstić information content (AvgIpc) is 2.63. The van der Waals surface area contributed by atoms with Crippen molar-refractivity contribution < 1.29 is 4.74 Å². The predicted molar refractivity (Wildman–Crippen MR) is 93.9 cm³/mol. The number of anilines is 2. The topological polar surface area (TPSA) is 50.3 Å². The molecule has 1 fully saturated rings. The van der Waals surface area contributed by atoms with E-state index in [1.54, 1.807) is 0 Å². The molecule has 1 N–H and O–H groups in total. The molecule has 1 unspecified atom stereocenters. The van der Waals surface area contributed by atoms with Crippen LogP contribution in [0, 0.1) is 0 Å². The maximum absolute atomic E-state index is 5.45. The second kappa shape index (κ2) is 7.42. The van der Waals surface area contributed by atoms with Crippen molar-refractivity contribution in [3.63, 3.8) is 0 Å². The first kappa shape index (κ1) is 15.7. The fourth-order valence-electron chi connectivity index (χ4n) is 2.53. The van der Waals surface area contributed by atoms with Crippen LogP contribution in [-0.4, -0.2) is 42.3 Å². The lowest BCUT2D eigenvalue weighted by Gasteiger charge is -2.28. The lowest BCUT2D eigenvalue weighted by Crippen LogP contribution is -2.37. The molecule has 3 rings (SSSR count). The molecule has 2 aromatic rings. The SMILES string of the molecule is CCC(C)Nc1nc(-c2ccccc2)cc(N2CCOCC2)n1. The normalized spacial score (nSPS) is 16.2. The Kier molecular flexibility index (Phi) is 5.08. The molecule has 0 amide bonds. The number of benzene rings is 1. The van der Waals surface area contributed by atoms with Crippen LogP contribution >= 0.6 is 0 Å². The zero-order chi connectivity index (χ0) is 16.1.